The Bertz CT molecular complexity index is 268. The number of rotatable bonds is 2. The summed E-state index contributed by atoms with van der Waals surface area (Å²) in [4.78, 5) is 3.94. The molecular formula is C9H13BrN2S. The number of thiophene rings is 1. The lowest BCUT2D eigenvalue weighted by molar-refractivity contribution is 0.235. The van der Waals surface area contributed by atoms with Crippen molar-refractivity contribution in [3.8, 4) is 0 Å². The molecule has 0 amide bonds. The fraction of sp³-hybridized carbons (Fsp3) is 0.556. The van der Waals surface area contributed by atoms with Gasteiger partial charge in [0.1, 0.15) is 0 Å². The minimum Gasteiger partial charge on any atom is -0.314 e. The summed E-state index contributed by atoms with van der Waals surface area (Å²) in [5.74, 6) is 0. The predicted molar refractivity (Wildman–Crippen MR) is 60.2 cm³/mol. The Hall–Kier alpha value is 0.1000. The van der Waals surface area contributed by atoms with Crippen molar-refractivity contribution in [2.45, 2.75) is 6.54 Å². The predicted octanol–water partition coefficient (Wildman–Crippen LogP) is 1.92. The van der Waals surface area contributed by atoms with E-state index in [0.29, 0.717) is 0 Å². The Labute approximate surface area is 91.1 Å². The lowest BCUT2D eigenvalue weighted by Gasteiger charge is -2.26. The van der Waals surface area contributed by atoms with E-state index in [2.05, 4.69) is 37.6 Å². The third-order valence-corrected chi connectivity index (χ3v) is 4.18. The first-order chi connectivity index (χ1) is 6.36. The molecule has 72 valence electrons. The molecule has 0 aromatic carbocycles. The van der Waals surface area contributed by atoms with Gasteiger partial charge in [0, 0.05) is 42.1 Å². The highest BCUT2D eigenvalue weighted by Gasteiger charge is 2.11. The Morgan fingerprint density at radius 1 is 1.46 bits per heavy atom. The normalized spacial score (nSPS) is 19.2. The molecule has 2 heterocycles. The van der Waals surface area contributed by atoms with Gasteiger partial charge in [0.2, 0.25) is 0 Å². The largest absolute Gasteiger partial charge is 0.314 e. The molecule has 2 nitrogen and oxygen atoms in total. The van der Waals surface area contributed by atoms with E-state index in [1.54, 1.807) is 0 Å². The molecule has 1 N–H and O–H groups in total. The maximum atomic E-state index is 3.56. The molecule has 1 aliphatic heterocycles. The van der Waals surface area contributed by atoms with Gasteiger partial charge < -0.3 is 5.32 Å². The van der Waals surface area contributed by atoms with E-state index in [-0.39, 0.29) is 0 Å². The van der Waals surface area contributed by atoms with Gasteiger partial charge in [0.15, 0.2) is 0 Å². The van der Waals surface area contributed by atoms with Gasteiger partial charge in [-0.05, 0) is 27.4 Å². The summed E-state index contributed by atoms with van der Waals surface area (Å²) in [5.41, 5.74) is 0. The quantitative estimate of drug-likeness (QED) is 0.875. The Morgan fingerprint density at radius 3 is 2.85 bits per heavy atom. The SMILES string of the molecule is Brc1ccsc1CN1CCNCC1. The second-order valence-corrected chi connectivity index (χ2v) is 5.07. The van der Waals surface area contributed by atoms with Crippen LogP contribution in [0.15, 0.2) is 15.9 Å². The molecule has 0 saturated carbocycles. The molecule has 0 spiro atoms. The summed E-state index contributed by atoms with van der Waals surface area (Å²) in [6.07, 6.45) is 0. The highest BCUT2D eigenvalue weighted by atomic mass is 79.9. The molecule has 4 heteroatoms. The lowest BCUT2D eigenvalue weighted by Crippen LogP contribution is -2.42. The summed E-state index contributed by atoms with van der Waals surface area (Å²) in [7, 11) is 0. The first-order valence-corrected chi connectivity index (χ1v) is 6.18. The monoisotopic (exact) mass is 260 g/mol. The van der Waals surface area contributed by atoms with Gasteiger partial charge in [-0.2, -0.15) is 0 Å². The number of piperazine rings is 1. The number of hydrogen-bond acceptors (Lipinski definition) is 3. The van der Waals surface area contributed by atoms with Gasteiger partial charge >= 0.3 is 0 Å². The Kier molecular flexibility index (Phi) is 3.38. The molecule has 1 saturated heterocycles. The van der Waals surface area contributed by atoms with Crippen LogP contribution in [-0.2, 0) is 6.54 Å². The van der Waals surface area contributed by atoms with Crippen LogP contribution >= 0.6 is 27.3 Å². The molecule has 1 aromatic heterocycles. The molecule has 0 bridgehead atoms. The highest BCUT2D eigenvalue weighted by molar-refractivity contribution is 9.10. The molecule has 1 aromatic rings. The third-order valence-electron chi connectivity index (χ3n) is 2.27. The average molecular weight is 261 g/mol. The van der Waals surface area contributed by atoms with Crippen LogP contribution in [0.3, 0.4) is 0 Å². The molecule has 0 unspecified atom stereocenters. The number of hydrogen-bond donors (Lipinski definition) is 1. The maximum Gasteiger partial charge on any atom is 0.0340 e. The zero-order valence-electron chi connectivity index (χ0n) is 7.42. The Balaban J connectivity index is 1.93. The van der Waals surface area contributed by atoms with Gasteiger partial charge in [-0.3, -0.25) is 4.90 Å². The van der Waals surface area contributed by atoms with Crippen LogP contribution in [-0.4, -0.2) is 31.1 Å². The van der Waals surface area contributed by atoms with Crippen molar-refractivity contribution < 1.29 is 0 Å². The Morgan fingerprint density at radius 2 is 2.23 bits per heavy atom. The van der Waals surface area contributed by atoms with Gasteiger partial charge in [0.25, 0.3) is 0 Å². The highest BCUT2D eigenvalue weighted by Crippen LogP contribution is 2.24. The molecule has 1 fully saturated rings. The van der Waals surface area contributed by atoms with Crippen LogP contribution in [0.2, 0.25) is 0 Å². The maximum absolute atomic E-state index is 3.56. The summed E-state index contributed by atoms with van der Waals surface area (Å²) in [6.45, 7) is 5.70. The van der Waals surface area contributed by atoms with E-state index in [1.807, 2.05) is 11.3 Å². The fourth-order valence-electron chi connectivity index (χ4n) is 1.51. The van der Waals surface area contributed by atoms with E-state index in [9.17, 15) is 0 Å². The van der Waals surface area contributed by atoms with Crippen LogP contribution in [0.5, 0.6) is 0 Å². The molecule has 1 aliphatic rings. The first kappa shape index (κ1) is 9.65. The van der Waals surface area contributed by atoms with E-state index < -0.39 is 0 Å². The minimum absolute atomic E-state index is 1.10. The van der Waals surface area contributed by atoms with Crippen molar-refractivity contribution in [3.63, 3.8) is 0 Å². The number of halogens is 1. The van der Waals surface area contributed by atoms with Gasteiger partial charge in [-0.1, -0.05) is 0 Å². The summed E-state index contributed by atoms with van der Waals surface area (Å²) < 4.78 is 1.26. The fourth-order valence-corrected chi connectivity index (χ4v) is 3.03. The van der Waals surface area contributed by atoms with E-state index in [0.717, 1.165) is 19.6 Å². The van der Waals surface area contributed by atoms with Crippen molar-refractivity contribution >= 4 is 27.3 Å². The van der Waals surface area contributed by atoms with Crippen molar-refractivity contribution in [1.29, 1.82) is 0 Å². The van der Waals surface area contributed by atoms with Gasteiger partial charge in [0.05, 0.1) is 0 Å². The van der Waals surface area contributed by atoms with Gasteiger partial charge in [-0.25, -0.2) is 0 Å². The van der Waals surface area contributed by atoms with E-state index >= 15 is 0 Å². The topological polar surface area (TPSA) is 15.3 Å². The van der Waals surface area contributed by atoms with Crippen LogP contribution < -0.4 is 5.32 Å². The van der Waals surface area contributed by atoms with Crippen LogP contribution in [0.25, 0.3) is 0 Å². The van der Waals surface area contributed by atoms with Crippen molar-refractivity contribution in [3.05, 3.63) is 20.8 Å². The lowest BCUT2D eigenvalue weighted by atomic mass is 10.3. The summed E-state index contributed by atoms with van der Waals surface area (Å²) >= 11 is 5.40. The van der Waals surface area contributed by atoms with E-state index in [1.165, 1.54) is 22.4 Å². The molecule has 0 aliphatic carbocycles. The van der Waals surface area contributed by atoms with E-state index in [4.69, 9.17) is 0 Å². The van der Waals surface area contributed by atoms with Crippen LogP contribution in [0, 0.1) is 0 Å². The smallest absolute Gasteiger partial charge is 0.0340 e. The average Bonchev–Trinajstić information content (AvgIpc) is 2.54. The first-order valence-electron chi connectivity index (χ1n) is 4.51. The molecule has 2 rings (SSSR count). The summed E-state index contributed by atoms with van der Waals surface area (Å²) in [5, 5.41) is 5.50. The minimum atomic E-state index is 1.10. The molecular weight excluding hydrogens is 248 g/mol. The number of nitrogens with zero attached hydrogens (tertiary/aromatic N) is 1. The zero-order valence-corrected chi connectivity index (χ0v) is 9.83. The second kappa shape index (κ2) is 4.55. The number of nitrogens with one attached hydrogen (secondary N) is 1. The molecule has 0 atom stereocenters. The van der Waals surface area contributed by atoms with Crippen molar-refractivity contribution in [2.75, 3.05) is 26.2 Å². The zero-order chi connectivity index (χ0) is 9.10. The van der Waals surface area contributed by atoms with Crippen LogP contribution in [0.1, 0.15) is 4.88 Å². The standard InChI is InChI=1S/C9H13BrN2S/c10-8-1-6-13-9(8)7-12-4-2-11-3-5-12/h1,6,11H,2-5,7H2. The van der Waals surface area contributed by atoms with Gasteiger partial charge in [-0.15, -0.1) is 11.3 Å². The summed E-state index contributed by atoms with van der Waals surface area (Å²) in [6, 6.07) is 2.13. The van der Waals surface area contributed by atoms with Crippen molar-refractivity contribution in [2.24, 2.45) is 0 Å². The third kappa shape index (κ3) is 2.53. The second-order valence-electron chi connectivity index (χ2n) is 3.22. The molecule has 13 heavy (non-hydrogen) atoms. The van der Waals surface area contributed by atoms with Crippen LogP contribution in [0.4, 0.5) is 0 Å². The van der Waals surface area contributed by atoms with Crippen molar-refractivity contribution in [1.82, 2.24) is 10.2 Å². The molecule has 0 radical (unpaired) electrons.